The van der Waals surface area contributed by atoms with Crippen LogP contribution in [-0.2, 0) is 4.79 Å². The van der Waals surface area contributed by atoms with Crippen molar-refractivity contribution in [1.29, 1.82) is 0 Å². The molecule has 0 radical (unpaired) electrons. The number of halogens is 1. The highest BCUT2D eigenvalue weighted by atomic mass is 19.1. The first-order valence-electron chi connectivity index (χ1n) is 8.60. The van der Waals surface area contributed by atoms with Crippen LogP contribution in [0.15, 0.2) is 47.0 Å². The Balaban J connectivity index is 1.56. The van der Waals surface area contributed by atoms with E-state index in [1.54, 1.807) is 31.1 Å². The van der Waals surface area contributed by atoms with E-state index >= 15 is 0 Å². The molecule has 2 heterocycles. The summed E-state index contributed by atoms with van der Waals surface area (Å²) in [5, 5.41) is 4.05. The summed E-state index contributed by atoms with van der Waals surface area (Å²) in [6.07, 6.45) is 0.261. The molecule has 1 amide bonds. The molecule has 0 saturated carbocycles. The molecule has 0 aliphatic carbocycles. The molecule has 2 aromatic carbocycles. The number of rotatable bonds is 4. The molecule has 0 bridgehead atoms. The third-order valence-corrected chi connectivity index (χ3v) is 4.80. The van der Waals surface area contributed by atoms with E-state index in [4.69, 9.17) is 9.26 Å². The quantitative estimate of drug-likeness (QED) is 0.703. The van der Waals surface area contributed by atoms with Gasteiger partial charge in [-0.3, -0.25) is 4.79 Å². The molecule has 3 aromatic rings. The Kier molecular flexibility index (Phi) is 4.35. The minimum absolute atomic E-state index is 0.0792. The number of hydrogen-bond donors (Lipinski definition) is 0. The van der Waals surface area contributed by atoms with Crippen molar-refractivity contribution in [3.63, 3.8) is 0 Å². The van der Waals surface area contributed by atoms with Crippen LogP contribution >= 0.6 is 0 Å². The molecule has 0 N–H and O–H groups in total. The molecule has 1 aromatic heterocycles. The summed E-state index contributed by atoms with van der Waals surface area (Å²) < 4.78 is 24.3. The highest BCUT2D eigenvalue weighted by Gasteiger charge is 2.35. The van der Waals surface area contributed by atoms with Gasteiger partial charge in [0.25, 0.3) is 5.89 Å². The molecule has 1 atom stereocenters. The molecule has 1 aliphatic rings. The van der Waals surface area contributed by atoms with Gasteiger partial charge >= 0.3 is 0 Å². The second kappa shape index (κ2) is 6.83. The zero-order valence-corrected chi connectivity index (χ0v) is 15.0. The molecule has 1 saturated heterocycles. The Morgan fingerprint density at radius 2 is 2.00 bits per heavy atom. The largest absolute Gasteiger partial charge is 0.497 e. The van der Waals surface area contributed by atoms with Crippen LogP contribution in [0.2, 0.25) is 0 Å². The number of amides is 1. The van der Waals surface area contributed by atoms with Gasteiger partial charge in [-0.2, -0.15) is 4.98 Å². The Labute approximate surface area is 155 Å². The van der Waals surface area contributed by atoms with Crippen LogP contribution in [-0.4, -0.2) is 29.7 Å². The fraction of sp³-hybridized carbons (Fsp3) is 0.250. The summed E-state index contributed by atoms with van der Waals surface area (Å²) in [6.45, 7) is 2.06. The maximum Gasteiger partial charge on any atom is 0.257 e. The van der Waals surface area contributed by atoms with Crippen molar-refractivity contribution in [3.05, 3.63) is 59.7 Å². The zero-order chi connectivity index (χ0) is 19.0. The van der Waals surface area contributed by atoms with E-state index in [0.717, 1.165) is 11.3 Å². The third kappa shape index (κ3) is 3.16. The highest BCUT2D eigenvalue weighted by molar-refractivity contribution is 5.97. The van der Waals surface area contributed by atoms with Crippen LogP contribution in [0.4, 0.5) is 10.1 Å². The molecule has 1 aliphatic heterocycles. The van der Waals surface area contributed by atoms with Gasteiger partial charge in [-0.1, -0.05) is 11.2 Å². The van der Waals surface area contributed by atoms with Gasteiger partial charge in [-0.25, -0.2) is 4.39 Å². The summed E-state index contributed by atoms with van der Waals surface area (Å²) in [5.74, 6) is 0.998. The molecular formula is C20H18FN3O3. The van der Waals surface area contributed by atoms with E-state index in [1.807, 2.05) is 24.3 Å². The van der Waals surface area contributed by atoms with Crippen molar-refractivity contribution in [3.8, 4) is 17.2 Å². The SMILES string of the molecule is COc1ccc(-c2nc(C3CC(=O)N(c4cccc(F)c4C)C3)no2)cc1. The normalized spacial score (nSPS) is 16.8. The Hall–Kier alpha value is -3.22. The van der Waals surface area contributed by atoms with Crippen molar-refractivity contribution in [2.45, 2.75) is 19.3 Å². The monoisotopic (exact) mass is 367 g/mol. The molecule has 4 rings (SSSR count). The van der Waals surface area contributed by atoms with Crippen molar-refractivity contribution >= 4 is 11.6 Å². The van der Waals surface area contributed by atoms with Gasteiger partial charge in [0.1, 0.15) is 11.6 Å². The number of carbonyl (C=O) groups is 1. The minimum Gasteiger partial charge on any atom is -0.497 e. The lowest BCUT2D eigenvalue weighted by Crippen LogP contribution is -2.25. The molecule has 7 heteroatoms. The molecule has 1 unspecified atom stereocenters. The Morgan fingerprint density at radius 1 is 1.22 bits per heavy atom. The Morgan fingerprint density at radius 3 is 2.74 bits per heavy atom. The molecule has 0 spiro atoms. The second-order valence-corrected chi connectivity index (χ2v) is 6.48. The molecular weight excluding hydrogens is 349 g/mol. The van der Waals surface area contributed by atoms with Crippen LogP contribution in [0, 0.1) is 12.7 Å². The average molecular weight is 367 g/mol. The number of benzene rings is 2. The summed E-state index contributed by atoms with van der Waals surface area (Å²) in [5.41, 5.74) is 1.82. The minimum atomic E-state index is -0.329. The number of nitrogens with zero attached hydrogens (tertiary/aromatic N) is 3. The number of hydrogen-bond acceptors (Lipinski definition) is 5. The molecule has 138 valence electrons. The summed E-state index contributed by atoms with van der Waals surface area (Å²) in [7, 11) is 1.60. The third-order valence-electron chi connectivity index (χ3n) is 4.80. The predicted molar refractivity (Wildman–Crippen MR) is 97.1 cm³/mol. The van der Waals surface area contributed by atoms with Crippen LogP contribution in [0.25, 0.3) is 11.5 Å². The lowest BCUT2D eigenvalue weighted by atomic mass is 10.1. The van der Waals surface area contributed by atoms with Gasteiger partial charge in [0.2, 0.25) is 5.91 Å². The fourth-order valence-electron chi connectivity index (χ4n) is 3.25. The van der Waals surface area contributed by atoms with Gasteiger partial charge in [0.15, 0.2) is 5.82 Å². The van der Waals surface area contributed by atoms with E-state index < -0.39 is 0 Å². The predicted octanol–water partition coefficient (Wildman–Crippen LogP) is 3.71. The number of aromatic nitrogens is 2. The van der Waals surface area contributed by atoms with Gasteiger partial charge < -0.3 is 14.2 Å². The van der Waals surface area contributed by atoms with Crippen LogP contribution in [0.3, 0.4) is 0 Å². The first kappa shape index (κ1) is 17.2. The topological polar surface area (TPSA) is 68.5 Å². The smallest absolute Gasteiger partial charge is 0.257 e. The summed E-state index contributed by atoms with van der Waals surface area (Å²) >= 11 is 0. The van der Waals surface area contributed by atoms with E-state index in [1.165, 1.54) is 6.07 Å². The van der Waals surface area contributed by atoms with Crippen molar-refractivity contribution < 1.29 is 18.4 Å². The van der Waals surface area contributed by atoms with Gasteiger partial charge in [-0.05, 0) is 43.3 Å². The average Bonchev–Trinajstić information content (AvgIpc) is 3.31. The molecule has 1 fully saturated rings. The van der Waals surface area contributed by atoms with Crippen molar-refractivity contribution in [1.82, 2.24) is 10.1 Å². The number of carbonyl (C=O) groups excluding carboxylic acids is 1. The number of ether oxygens (including phenoxy) is 1. The van der Waals surface area contributed by atoms with Crippen LogP contribution < -0.4 is 9.64 Å². The van der Waals surface area contributed by atoms with Gasteiger partial charge in [0, 0.05) is 35.7 Å². The lowest BCUT2D eigenvalue weighted by molar-refractivity contribution is -0.117. The van der Waals surface area contributed by atoms with Crippen LogP contribution in [0.1, 0.15) is 23.7 Å². The van der Waals surface area contributed by atoms with E-state index in [9.17, 15) is 9.18 Å². The first-order chi connectivity index (χ1) is 13.1. The number of methoxy groups -OCH3 is 1. The van der Waals surface area contributed by atoms with Gasteiger partial charge in [-0.15, -0.1) is 0 Å². The van der Waals surface area contributed by atoms with E-state index in [2.05, 4.69) is 10.1 Å². The fourth-order valence-corrected chi connectivity index (χ4v) is 3.25. The summed E-state index contributed by atoms with van der Waals surface area (Å²) in [6, 6.07) is 12.0. The summed E-state index contributed by atoms with van der Waals surface area (Å²) in [4.78, 5) is 18.5. The standard InChI is InChI=1S/C20H18FN3O3/c1-12-16(21)4-3-5-17(12)24-11-14(10-18(24)25)19-22-20(27-23-19)13-6-8-15(26-2)9-7-13/h3-9,14H,10-11H2,1-2H3. The number of anilines is 1. The maximum absolute atomic E-state index is 13.8. The highest BCUT2D eigenvalue weighted by Crippen LogP contribution is 2.33. The van der Waals surface area contributed by atoms with Crippen molar-refractivity contribution in [2.24, 2.45) is 0 Å². The lowest BCUT2D eigenvalue weighted by Gasteiger charge is -2.18. The van der Waals surface area contributed by atoms with E-state index in [-0.39, 0.29) is 24.1 Å². The van der Waals surface area contributed by atoms with Gasteiger partial charge in [0.05, 0.1) is 7.11 Å². The Bertz CT molecular complexity index is 984. The van der Waals surface area contributed by atoms with E-state index in [0.29, 0.717) is 29.5 Å². The zero-order valence-electron chi connectivity index (χ0n) is 15.0. The second-order valence-electron chi connectivity index (χ2n) is 6.48. The first-order valence-corrected chi connectivity index (χ1v) is 8.60. The maximum atomic E-state index is 13.8. The van der Waals surface area contributed by atoms with Crippen molar-refractivity contribution in [2.75, 3.05) is 18.6 Å². The van der Waals surface area contributed by atoms with Crippen LogP contribution in [0.5, 0.6) is 5.75 Å². The molecule has 27 heavy (non-hydrogen) atoms. The molecule has 6 nitrogen and oxygen atoms in total.